The van der Waals surface area contributed by atoms with Crippen molar-refractivity contribution in [3.8, 4) is 11.1 Å². The van der Waals surface area contributed by atoms with Crippen LogP contribution in [0, 0.1) is 0 Å². The molecule has 1 N–H and O–H groups in total. The van der Waals surface area contributed by atoms with E-state index in [-0.39, 0.29) is 5.75 Å². The molecule has 0 radical (unpaired) electrons. The molecule has 0 aromatic heterocycles. The summed E-state index contributed by atoms with van der Waals surface area (Å²) in [7, 11) is -3.23. The van der Waals surface area contributed by atoms with Crippen molar-refractivity contribution in [2.45, 2.75) is 44.8 Å². The summed E-state index contributed by atoms with van der Waals surface area (Å²) in [4.78, 5) is 2.13. The van der Waals surface area contributed by atoms with E-state index in [2.05, 4.69) is 4.90 Å². The summed E-state index contributed by atoms with van der Waals surface area (Å²) >= 11 is 0. The Labute approximate surface area is 206 Å². The third-order valence-electron chi connectivity index (χ3n) is 6.48. The van der Waals surface area contributed by atoms with Crippen LogP contribution in [0.3, 0.4) is 0 Å². The molecule has 12 heteroatoms. The molecule has 200 valence electrons. The van der Waals surface area contributed by atoms with Crippen molar-refractivity contribution >= 4 is 10.0 Å². The first kappa shape index (κ1) is 28.4. The summed E-state index contributed by atoms with van der Waals surface area (Å²) in [5.41, 5.74) is -3.36. The molecule has 2 aromatic carbocycles. The highest BCUT2D eigenvalue weighted by molar-refractivity contribution is 7.89. The first-order valence-corrected chi connectivity index (χ1v) is 13.0. The number of hydrogen-bond acceptors (Lipinski definition) is 4. The van der Waals surface area contributed by atoms with Crippen LogP contribution in [-0.4, -0.2) is 67.0 Å². The second-order valence-corrected chi connectivity index (χ2v) is 11.0. The van der Waals surface area contributed by atoms with E-state index >= 15 is 0 Å². The zero-order chi connectivity index (χ0) is 26.9. The molecule has 1 saturated heterocycles. The minimum absolute atomic E-state index is 0.0565. The summed E-state index contributed by atoms with van der Waals surface area (Å²) in [5.74, 6) is 0.0565. The lowest BCUT2D eigenvalue weighted by Crippen LogP contribution is -2.53. The van der Waals surface area contributed by atoms with Crippen molar-refractivity contribution in [1.82, 2.24) is 9.21 Å². The molecule has 1 aliphatic heterocycles. The third-order valence-corrected chi connectivity index (χ3v) is 8.36. The predicted octanol–water partition coefficient (Wildman–Crippen LogP) is 4.70. The Morgan fingerprint density at radius 2 is 1.42 bits per heavy atom. The molecule has 0 saturated carbocycles. The Morgan fingerprint density at radius 3 is 1.89 bits per heavy atom. The van der Waals surface area contributed by atoms with Crippen LogP contribution in [0.25, 0.3) is 11.1 Å². The molecule has 36 heavy (non-hydrogen) atoms. The summed E-state index contributed by atoms with van der Waals surface area (Å²) in [6, 6.07) is 9.10. The van der Waals surface area contributed by atoms with Gasteiger partial charge in [0.05, 0.1) is 5.75 Å². The van der Waals surface area contributed by atoms with Crippen LogP contribution >= 0.6 is 0 Å². The second kappa shape index (κ2) is 10.3. The lowest BCUT2D eigenvalue weighted by atomic mass is 9.89. The predicted molar refractivity (Wildman–Crippen MR) is 124 cm³/mol. The fraction of sp³-hybridized carbons (Fsp3) is 0.500. The van der Waals surface area contributed by atoms with E-state index < -0.39 is 33.5 Å². The van der Waals surface area contributed by atoms with E-state index in [1.807, 2.05) is 19.1 Å². The van der Waals surface area contributed by atoms with Crippen LogP contribution < -0.4 is 0 Å². The molecule has 1 heterocycles. The summed E-state index contributed by atoms with van der Waals surface area (Å²) < 4.78 is 104. The Morgan fingerprint density at radius 1 is 0.861 bits per heavy atom. The minimum atomic E-state index is -5.94. The van der Waals surface area contributed by atoms with Gasteiger partial charge in [-0.25, -0.2) is 8.42 Å². The van der Waals surface area contributed by atoms with Gasteiger partial charge in [0.1, 0.15) is 0 Å². The number of nitrogens with zero attached hydrogens (tertiary/aromatic N) is 2. The van der Waals surface area contributed by atoms with Crippen LogP contribution in [0.15, 0.2) is 42.5 Å². The van der Waals surface area contributed by atoms with Gasteiger partial charge in [-0.1, -0.05) is 49.4 Å². The van der Waals surface area contributed by atoms with Gasteiger partial charge in [0.2, 0.25) is 10.0 Å². The van der Waals surface area contributed by atoms with Gasteiger partial charge in [-0.2, -0.15) is 30.6 Å². The van der Waals surface area contributed by atoms with Crippen LogP contribution in [0.4, 0.5) is 26.3 Å². The SMILES string of the molecule is CCc1cc(CN2CCN(S(=O)(=O)CC)CC2)ccc1-c1ccc(C(O)(C(F)(F)F)C(F)(F)F)cc1. The number of rotatable bonds is 7. The Kier molecular flexibility index (Phi) is 8.14. The van der Waals surface area contributed by atoms with Crippen molar-refractivity contribution in [1.29, 1.82) is 0 Å². The van der Waals surface area contributed by atoms with E-state index in [1.54, 1.807) is 13.0 Å². The second-order valence-electron chi connectivity index (χ2n) is 8.70. The molecule has 0 amide bonds. The number of sulfonamides is 1. The van der Waals surface area contributed by atoms with E-state index in [0.29, 0.717) is 62.4 Å². The summed E-state index contributed by atoms with van der Waals surface area (Å²) in [5, 5.41) is 9.59. The van der Waals surface area contributed by atoms with Crippen LogP contribution in [0.5, 0.6) is 0 Å². The Bertz CT molecular complexity index is 1140. The summed E-state index contributed by atoms with van der Waals surface area (Å²) in [6.45, 7) is 6.03. The first-order chi connectivity index (χ1) is 16.6. The smallest absolute Gasteiger partial charge is 0.369 e. The molecule has 3 rings (SSSR count). The quantitative estimate of drug-likeness (QED) is 0.520. The average molecular weight is 539 g/mol. The van der Waals surface area contributed by atoms with Crippen LogP contribution in [0.1, 0.15) is 30.5 Å². The topological polar surface area (TPSA) is 60.9 Å². The summed E-state index contributed by atoms with van der Waals surface area (Å²) in [6.07, 6.45) is -11.3. The van der Waals surface area contributed by atoms with Crippen molar-refractivity contribution in [3.63, 3.8) is 0 Å². The molecule has 0 atom stereocenters. The monoisotopic (exact) mass is 538 g/mol. The maximum absolute atomic E-state index is 13.2. The van der Waals surface area contributed by atoms with Crippen molar-refractivity contribution in [2.75, 3.05) is 31.9 Å². The molecule has 0 spiro atoms. The van der Waals surface area contributed by atoms with E-state index in [4.69, 9.17) is 0 Å². The minimum Gasteiger partial charge on any atom is -0.369 e. The molecular weight excluding hydrogens is 510 g/mol. The van der Waals surface area contributed by atoms with Gasteiger partial charge in [-0.15, -0.1) is 0 Å². The fourth-order valence-corrected chi connectivity index (χ4v) is 5.39. The number of alkyl halides is 6. The number of hydrogen-bond donors (Lipinski definition) is 1. The molecule has 0 bridgehead atoms. The maximum atomic E-state index is 13.2. The molecule has 0 unspecified atom stereocenters. The van der Waals surface area contributed by atoms with Crippen molar-refractivity contribution in [2.24, 2.45) is 0 Å². The van der Waals surface area contributed by atoms with Crippen molar-refractivity contribution < 1.29 is 39.9 Å². The molecule has 1 fully saturated rings. The van der Waals surface area contributed by atoms with Crippen LogP contribution in [0.2, 0.25) is 0 Å². The number of piperazine rings is 1. The van der Waals surface area contributed by atoms with Gasteiger partial charge in [0.15, 0.2) is 0 Å². The van der Waals surface area contributed by atoms with Gasteiger partial charge in [-0.05, 0) is 35.6 Å². The standard InChI is InChI=1S/C24H28F6N2O3S/c1-3-18-15-17(16-31-11-13-32(14-12-31)36(34,35)4-2)5-10-21(18)19-6-8-20(9-7-19)22(33,23(25,26)27)24(28,29)30/h5-10,15,33H,3-4,11-14,16H2,1-2H3. The number of aryl methyl sites for hydroxylation is 1. The normalized spacial score (nSPS) is 16.9. The highest BCUT2D eigenvalue weighted by Gasteiger charge is 2.71. The van der Waals surface area contributed by atoms with Gasteiger partial charge in [0.25, 0.3) is 5.60 Å². The first-order valence-electron chi connectivity index (χ1n) is 11.4. The van der Waals surface area contributed by atoms with Gasteiger partial charge < -0.3 is 5.11 Å². The Hall–Kier alpha value is -2.15. The zero-order valence-corrected chi connectivity index (χ0v) is 20.6. The molecule has 0 aliphatic carbocycles. The van der Waals surface area contributed by atoms with Gasteiger partial charge in [0, 0.05) is 38.3 Å². The lowest BCUT2D eigenvalue weighted by Gasteiger charge is -2.34. The lowest BCUT2D eigenvalue weighted by molar-refractivity contribution is -0.376. The Balaban J connectivity index is 1.79. The van der Waals surface area contributed by atoms with Gasteiger partial charge >= 0.3 is 12.4 Å². The fourth-order valence-electron chi connectivity index (χ4n) is 4.31. The number of aliphatic hydroxyl groups is 1. The largest absolute Gasteiger partial charge is 0.430 e. The molecule has 2 aromatic rings. The number of benzene rings is 2. The van der Waals surface area contributed by atoms with Crippen LogP contribution in [-0.2, 0) is 28.6 Å². The van der Waals surface area contributed by atoms with E-state index in [1.165, 1.54) is 4.31 Å². The van der Waals surface area contributed by atoms with E-state index in [0.717, 1.165) is 23.3 Å². The molecular formula is C24H28F6N2O3S. The number of halogens is 6. The zero-order valence-electron chi connectivity index (χ0n) is 19.8. The van der Waals surface area contributed by atoms with Gasteiger partial charge in [-0.3, -0.25) is 4.90 Å². The van der Waals surface area contributed by atoms with E-state index in [9.17, 15) is 39.9 Å². The average Bonchev–Trinajstić information content (AvgIpc) is 2.82. The molecule has 5 nitrogen and oxygen atoms in total. The highest BCUT2D eigenvalue weighted by atomic mass is 32.2. The maximum Gasteiger partial charge on any atom is 0.430 e. The van der Waals surface area contributed by atoms with Crippen molar-refractivity contribution in [3.05, 3.63) is 59.2 Å². The molecule has 1 aliphatic rings. The third kappa shape index (κ3) is 5.56. The highest BCUT2D eigenvalue weighted by Crippen LogP contribution is 2.50.